The highest BCUT2D eigenvalue weighted by Crippen LogP contribution is 2.17. The molecule has 120 valence electrons. The van der Waals surface area contributed by atoms with Gasteiger partial charge >= 0.3 is 0 Å². The van der Waals surface area contributed by atoms with Gasteiger partial charge in [-0.25, -0.2) is 0 Å². The summed E-state index contributed by atoms with van der Waals surface area (Å²) in [6.45, 7) is -0.699. The fourth-order valence-electron chi connectivity index (χ4n) is 1.65. The summed E-state index contributed by atoms with van der Waals surface area (Å²) in [7, 11) is 0. The summed E-state index contributed by atoms with van der Waals surface area (Å²) >= 11 is 0. The van der Waals surface area contributed by atoms with E-state index in [1.165, 1.54) is 12.4 Å². The van der Waals surface area contributed by atoms with Gasteiger partial charge in [0.2, 0.25) is 0 Å². The Bertz CT molecular complexity index is 421. The molecule has 0 spiro atoms. The smallest absolute Gasteiger partial charge is 0.275 e. The van der Waals surface area contributed by atoms with Gasteiger partial charge in [0.25, 0.3) is 5.97 Å². The van der Waals surface area contributed by atoms with Gasteiger partial charge in [-0.3, -0.25) is 9.97 Å². The van der Waals surface area contributed by atoms with Crippen LogP contribution in [0.2, 0.25) is 0 Å². The Balaban J connectivity index is 2.57. The Morgan fingerprint density at radius 1 is 1.05 bits per heavy atom. The van der Waals surface area contributed by atoms with Crippen LogP contribution >= 0.6 is 0 Å². The van der Waals surface area contributed by atoms with Crippen molar-refractivity contribution in [2.75, 3.05) is 6.61 Å². The van der Waals surface area contributed by atoms with Crippen LogP contribution in [-0.2, 0) is 6.42 Å². The van der Waals surface area contributed by atoms with Gasteiger partial charge < -0.3 is 35.7 Å². The van der Waals surface area contributed by atoms with Crippen LogP contribution in [0.5, 0.6) is 0 Å². The maximum Gasteiger partial charge on any atom is 0.275 e. The number of aryl methyl sites for hydroxylation is 1. The highest BCUT2D eigenvalue weighted by molar-refractivity contribution is 5.07. The van der Waals surface area contributed by atoms with Crippen molar-refractivity contribution in [3.05, 3.63) is 23.8 Å². The monoisotopic (exact) mass is 304 g/mol. The molecule has 7 N–H and O–H groups in total. The highest BCUT2D eigenvalue weighted by atomic mass is 16.7. The molecule has 21 heavy (non-hydrogen) atoms. The summed E-state index contributed by atoms with van der Waals surface area (Å²) in [5, 5.41) is 63.3. The maximum absolute atomic E-state index is 9.74. The number of aliphatic hydroxyl groups excluding tert-OH is 4. The van der Waals surface area contributed by atoms with Crippen LogP contribution in [0.4, 0.5) is 0 Å². The molecule has 9 nitrogen and oxygen atoms in total. The van der Waals surface area contributed by atoms with E-state index in [2.05, 4.69) is 9.97 Å². The van der Waals surface area contributed by atoms with E-state index in [1.807, 2.05) is 0 Å². The zero-order chi connectivity index (χ0) is 16.0. The Morgan fingerprint density at radius 2 is 1.71 bits per heavy atom. The summed E-state index contributed by atoms with van der Waals surface area (Å²) < 4.78 is 0. The minimum absolute atomic E-state index is 0.0274. The van der Waals surface area contributed by atoms with E-state index in [1.54, 1.807) is 0 Å². The lowest BCUT2D eigenvalue weighted by Crippen LogP contribution is -2.35. The van der Waals surface area contributed by atoms with Crippen LogP contribution in [0.1, 0.15) is 30.3 Å². The van der Waals surface area contributed by atoms with Gasteiger partial charge in [-0.1, -0.05) is 0 Å². The fraction of sp³-hybridized carbons (Fsp3) is 0.667. The maximum atomic E-state index is 9.74. The van der Waals surface area contributed by atoms with E-state index >= 15 is 0 Å². The van der Waals surface area contributed by atoms with Gasteiger partial charge in [-0.2, -0.15) is 0 Å². The third-order valence-corrected chi connectivity index (χ3v) is 2.88. The van der Waals surface area contributed by atoms with Crippen molar-refractivity contribution in [3.8, 4) is 0 Å². The topological polar surface area (TPSA) is 167 Å². The van der Waals surface area contributed by atoms with Crippen molar-refractivity contribution in [2.24, 2.45) is 0 Å². The Hall–Kier alpha value is -1.20. The minimum atomic E-state index is -2.71. The lowest BCUT2D eigenvalue weighted by atomic mass is 10.1. The average molecular weight is 304 g/mol. The summed E-state index contributed by atoms with van der Waals surface area (Å²) in [5.74, 6) is -2.71. The molecule has 0 aliphatic heterocycles. The van der Waals surface area contributed by atoms with Gasteiger partial charge in [-0.15, -0.1) is 0 Å². The minimum Gasteiger partial charge on any atom is -0.394 e. The molecule has 1 aromatic heterocycles. The average Bonchev–Trinajstić information content (AvgIpc) is 2.44. The zero-order valence-corrected chi connectivity index (χ0v) is 11.2. The lowest BCUT2D eigenvalue weighted by molar-refractivity contribution is -0.314. The normalized spacial score (nSPS) is 16.5. The van der Waals surface area contributed by atoms with Gasteiger partial charge in [0.15, 0.2) is 0 Å². The molecule has 0 saturated heterocycles. The van der Waals surface area contributed by atoms with Crippen molar-refractivity contribution in [1.29, 1.82) is 0 Å². The first-order valence-electron chi connectivity index (χ1n) is 6.37. The zero-order valence-electron chi connectivity index (χ0n) is 11.2. The summed E-state index contributed by atoms with van der Waals surface area (Å²) in [5.41, 5.74) is 0.520. The fourth-order valence-corrected chi connectivity index (χ4v) is 1.65. The molecule has 9 heteroatoms. The number of aliphatic hydroxyl groups is 7. The second-order valence-electron chi connectivity index (χ2n) is 4.75. The van der Waals surface area contributed by atoms with Gasteiger partial charge in [0, 0.05) is 12.6 Å². The van der Waals surface area contributed by atoms with Gasteiger partial charge in [0.1, 0.15) is 18.3 Å². The van der Waals surface area contributed by atoms with Crippen LogP contribution in [0.15, 0.2) is 12.4 Å². The Labute approximate surface area is 120 Å². The number of rotatable bonds is 8. The van der Waals surface area contributed by atoms with Crippen molar-refractivity contribution in [2.45, 2.75) is 43.5 Å². The molecule has 1 rings (SSSR count). The van der Waals surface area contributed by atoms with Crippen molar-refractivity contribution in [1.82, 2.24) is 9.97 Å². The van der Waals surface area contributed by atoms with E-state index in [9.17, 15) is 15.3 Å². The third-order valence-electron chi connectivity index (χ3n) is 2.88. The Morgan fingerprint density at radius 3 is 2.19 bits per heavy atom. The van der Waals surface area contributed by atoms with E-state index in [0.29, 0.717) is 12.1 Å². The molecular weight excluding hydrogens is 284 g/mol. The molecular formula is C12H20N2O7. The quantitative estimate of drug-likeness (QED) is 0.250. The highest BCUT2D eigenvalue weighted by Gasteiger charge is 2.26. The number of nitrogens with zero attached hydrogens (tertiary/aromatic N) is 2. The van der Waals surface area contributed by atoms with Crippen molar-refractivity contribution >= 4 is 0 Å². The lowest BCUT2D eigenvalue weighted by Gasteiger charge is -2.20. The first kappa shape index (κ1) is 17.9. The van der Waals surface area contributed by atoms with Crippen LogP contribution in [0.25, 0.3) is 0 Å². The second-order valence-corrected chi connectivity index (χ2v) is 4.75. The van der Waals surface area contributed by atoms with Crippen LogP contribution in [0.3, 0.4) is 0 Å². The molecule has 3 unspecified atom stereocenters. The summed E-state index contributed by atoms with van der Waals surface area (Å²) in [6.07, 6.45) is -1.71. The molecule has 0 aliphatic carbocycles. The second kappa shape index (κ2) is 7.71. The first-order valence-corrected chi connectivity index (χ1v) is 6.37. The molecule has 0 radical (unpaired) electrons. The number of aromatic nitrogens is 2. The van der Waals surface area contributed by atoms with Crippen LogP contribution in [-0.4, -0.2) is 70.5 Å². The summed E-state index contributed by atoms with van der Waals surface area (Å²) in [6, 6.07) is 0. The molecule has 1 heterocycles. The van der Waals surface area contributed by atoms with E-state index in [-0.39, 0.29) is 18.5 Å². The first-order chi connectivity index (χ1) is 9.74. The molecule has 0 amide bonds. The molecule has 3 atom stereocenters. The largest absolute Gasteiger partial charge is 0.394 e. The molecule has 0 saturated carbocycles. The summed E-state index contributed by atoms with van der Waals surface area (Å²) in [4.78, 5) is 7.84. The molecule has 0 aliphatic rings. The standard InChI is InChI=1S/C12H20N2O7/c15-6-9(16)11(18)10(17)8-5-13-7(4-14-8)2-1-3-12(19,20)21/h4-5,9-11,15-21H,1-3,6H2. The molecule has 0 aromatic carbocycles. The molecule has 0 fully saturated rings. The predicted molar refractivity (Wildman–Crippen MR) is 68.4 cm³/mol. The SMILES string of the molecule is OCC(O)C(O)C(O)c1cnc(CCCC(O)(O)O)cn1. The third kappa shape index (κ3) is 5.98. The van der Waals surface area contributed by atoms with Gasteiger partial charge in [-0.05, 0) is 12.8 Å². The van der Waals surface area contributed by atoms with E-state index in [0.717, 1.165) is 0 Å². The Kier molecular flexibility index (Phi) is 6.55. The van der Waals surface area contributed by atoms with E-state index in [4.69, 9.17) is 20.4 Å². The predicted octanol–water partition coefficient (Wildman–Crippen LogP) is -2.82. The molecule has 0 bridgehead atoms. The van der Waals surface area contributed by atoms with Crippen molar-refractivity contribution < 1.29 is 35.7 Å². The van der Waals surface area contributed by atoms with Crippen LogP contribution in [0, 0.1) is 0 Å². The number of hydrogen-bond acceptors (Lipinski definition) is 9. The van der Waals surface area contributed by atoms with E-state index < -0.39 is 30.9 Å². The van der Waals surface area contributed by atoms with Crippen molar-refractivity contribution in [3.63, 3.8) is 0 Å². The number of hydrogen-bond donors (Lipinski definition) is 7. The molecule has 1 aromatic rings. The van der Waals surface area contributed by atoms with Crippen LogP contribution < -0.4 is 0 Å². The van der Waals surface area contributed by atoms with Gasteiger partial charge in [0.05, 0.1) is 24.2 Å².